The maximum Gasteiger partial charge on any atom is 0.305 e. The first-order valence-electron chi connectivity index (χ1n) is 24.6. The summed E-state index contributed by atoms with van der Waals surface area (Å²) in [6, 6.07) is -0.673. The van der Waals surface area contributed by atoms with E-state index < -0.39 is 12.1 Å². The maximum atomic E-state index is 12.4. The highest BCUT2D eigenvalue weighted by Gasteiger charge is 2.17. The molecule has 0 bridgehead atoms. The van der Waals surface area contributed by atoms with Crippen molar-refractivity contribution in [1.82, 2.24) is 5.32 Å². The van der Waals surface area contributed by atoms with E-state index in [2.05, 4.69) is 61.7 Å². The number of hydrogen-bond acceptors (Lipinski definition) is 5. The molecular weight excluding hydrogens is 719 g/mol. The van der Waals surface area contributed by atoms with Crippen molar-refractivity contribution < 1.29 is 24.5 Å². The molecule has 0 saturated heterocycles. The first-order valence-corrected chi connectivity index (χ1v) is 24.6. The van der Waals surface area contributed by atoms with Crippen molar-refractivity contribution in [3.63, 3.8) is 0 Å². The molecule has 0 fully saturated rings. The summed E-state index contributed by atoms with van der Waals surface area (Å²) < 4.78 is 5.44. The van der Waals surface area contributed by atoms with Crippen LogP contribution >= 0.6 is 0 Å². The van der Waals surface area contributed by atoms with E-state index in [1.807, 2.05) is 12.2 Å². The first-order chi connectivity index (χ1) is 28.5. The van der Waals surface area contributed by atoms with Crippen molar-refractivity contribution >= 4 is 11.9 Å². The number of carbonyl (C=O) groups is 2. The fourth-order valence-electron chi connectivity index (χ4n) is 6.95. The van der Waals surface area contributed by atoms with Crippen LogP contribution in [0.4, 0.5) is 0 Å². The second-order valence-electron chi connectivity index (χ2n) is 16.4. The Kier molecular flexibility index (Phi) is 45.3. The van der Waals surface area contributed by atoms with Gasteiger partial charge in [0.1, 0.15) is 0 Å². The van der Waals surface area contributed by atoms with Crippen LogP contribution in [0.15, 0.2) is 60.8 Å². The lowest BCUT2D eigenvalue weighted by atomic mass is 10.0. The molecule has 2 atom stereocenters. The Morgan fingerprint density at radius 2 is 0.879 bits per heavy atom. The minimum atomic E-state index is -0.880. The zero-order valence-corrected chi connectivity index (χ0v) is 38.0. The summed E-state index contributed by atoms with van der Waals surface area (Å²) in [5.74, 6) is -0.186. The number of esters is 1. The third kappa shape index (κ3) is 43.1. The van der Waals surface area contributed by atoms with Gasteiger partial charge in [0.15, 0.2) is 0 Å². The quantitative estimate of drug-likeness (QED) is 0.0323. The van der Waals surface area contributed by atoms with Crippen molar-refractivity contribution in [2.24, 2.45) is 0 Å². The molecule has 0 aliphatic carbocycles. The lowest BCUT2D eigenvalue weighted by Crippen LogP contribution is -2.45. The number of aliphatic hydroxyl groups excluding tert-OH is 2. The Balaban J connectivity index is 3.61. The molecule has 0 aromatic heterocycles. The molecule has 0 heterocycles. The molecule has 0 aromatic carbocycles. The van der Waals surface area contributed by atoms with Crippen molar-refractivity contribution in [3.05, 3.63) is 60.8 Å². The molecule has 0 rings (SSSR count). The van der Waals surface area contributed by atoms with Crippen LogP contribution in [-0.4, -0.2) is 47.4 Å². The molecule has 58 heavy (non-hydrogen) atoms. The van der Waals surface area contributed by atoms with Crippen LogP contribution in [0.25, 0.3) is 0 Å². The summed E-state index contributed by atoms with van der Waals surface area (Å²) in [5.41, 5.74) is 0. The number of amides is 1. The molecule has 0 radical (unpaired) electrons. The van der Waals surface area contributed by atoms with Crippen LogP contribution in [-0.2, 0) is 14.3 Å². The summed E-state index contributed by atoms with van der Waals surface area (Å²) in [7, 11) is 0. The van der Waals surface area contributed by atoms with Gasteiger partial charge in [-0.25, -0.2) is 0 Å². The van der Waals surface area contributed by atoms with Crippen molar-refractivity contribution in [3.8, 4) is 0 Å². The predicted molar refractivity (Wildman–Crippen MR) is 250 cm³/mol. The summed E-state index contributed by atoms with van der Waals surface area (Å²) in [6.45, 7) is 4.78. The van der Waals surface area contributed by atoms with E-state index in [1.165, 1.54) is 135 Å². The average Bonchev–Trinajstić information content (AvgIpc) is 3.22. The Hall–Kier alpha value is -2.44. The highest BCUT2D eigenvalue weighted by molar-refractivity contribution is 5.76. The highest BCUT2D eigenvalue weighted by Crippen LogP contribution is 2.13. The highest BCUT2D eigenvalue weighted by atomic mass is 16.5. The minimum Gasteiger partial charge on any atom is -0.466 e. The predicted octanol–water partition coefficient (Wildman–Crippen LogP) is 14.5. The van der Waals surface area contributed by atoms with Gasteiger partial charge in [-0.05, 0) is 83.5 Å². The Morgan fingerprint density at radius 1 is 0.483 bits per heavy atom. The number of aliphatic hydroxyl groups is 2. The van der Waals surface area contributed by atoms with Crippen LogP contribution in [0.1, 0.15) is 232 Å². The van der Waals surface area contributed by atoms with E-state index in [0.29, 0.717) is 25.9 Å². The molecular formula is C52H93NO5. The number of ether oxygens (including phenoxy) is 1. The number of nitrogens with one attached hydrogen (secondary N) is 1. The van der Waals surface area contributed by atoms with Gasteiger partial charge >= 0.3 is 5.97 Å². The van der Waals surface area contributed by atoms with Gasteiger partial charge in [0.05, 0.1) is 25.4 Å². The van der Waals surface area contributed by atoms with E-state index >= 15 is 0 Å². The summed E-state index contributed by atoms with van der Waals surface area (Å²) in [6.07, 6.45) is 59.4. The Morgan fingerprint density at radius 3 is 1.38 bits per heavy atom. The fraction of sp³-hybridized carbons (Fsp3) is 0.769. The molecule has 0 aromatic rings. The Bertz CT molecular complexity index is 1030. The van der Waals surface area contributed by atoms with Crippen LogP contribution in [0, 0.1) is 0 Å². The molecule has 336 valence electrons. The van der Waals surface area contributed by atoms with E-state index in [4.69, 9.17) is 4.74 Å². The van der Waals surface area contributed by atoms with E-state index in [1.54, 1.807) is 6.08 Å². The maximum absolute atomic E-state index is 12.4. The molecule has 6 heteroatoms. The lowest BCUT2D eigenvalue weighted by molar-refractivity contribution is -0.143. The topological polar surface area (TPSA) is 95.9 Å². The van der Waals surface area contributed by atoms with E-state index in [-0.39, 0.29) is 18.5 Å². The molecule has 6 nitrogen and oxygen atoms in total. The second kappa shape index (κ2) is 47.2. The van der Waals surface area contributed by atoms with Gasteiger partial charge in [0.25, 0.3) is 0 Å². The zero-order chi connectivity index (χ0) is 42.3. The fourth-order valence-corrected chi connectivity index (χ4v) is 6.95. The van der Waals surface area contributed by atoms with E-state index in [0.717, 1.165) is 64.2 Å². The van der Waals surface area contributed by atoms with Gasteiger partial charge in [-0.2, -0.15) is 0 Å². The summed E-state index contributed by atoms with van der Waals surface area (Å²) in [4.78, 5) is 24.4. The monoisotopic (exact) mass is 812 g/mol. The number of hydrogen-bond donors (Lipinski definition) is 3. The number of rotatable bonds is 44. The van der Waals surface area contributed by atoms with Crippen LogP contribution < -0.4 is 5.32 Å². The molecule has 2 unspecified atom stereocenters. The van der Waals surface area contributed by atoms with Gasteiger partial charge in [-0.15, -0.1) is 0 Å². The largest absolute Gasteiger partial charge is 0.466 e. The first kappa shape index (κ1) is 55.6. The molecule has 3 N–H and O–H groups in total. The molecule has 0 aliphatic rings. The van der Waals surface area contributed by atoms with Crippen LogP contribution in [0.5, 0.6) is 0 Å². The van der Waals surface area contributed by atoms with Gasteiger partial charge in [0.2, 0.25) is 5.91 Å². The average molecular weight is 812 g/mol. The zero-order valence-electron chi connectivity index (χ0n) is 38.0. The standard InChI is InChI=1S/C52H93NO5/c1-3-5-7-9-11-13-15-17-18-22-26-30-34-38-42-46-52(57)58-47-43-39-35-31-27-23-19-21-25-29-33-37-41-45-51(56)53-49(48-54)50(55)44-40-36-32-28-24-20-16-14-12-10-8-6-4-2/h11,13,17-18,21,25,33,37,40,44,49-50,54-55H,3-10,12,14-16,19-20,22-24,26-32,34-36,38-39,41-43,45-48H2,1-2H3,(H,53,56)/b13-11-,18-17-,25-21-,37-33-,44-40+. The molecule has 0 spiro atoms. The molecule has 0 saturated carbocycles. The summed E-state index contributed by atoms with van der Waals surface area (Å²) >= 11 is 0. The SMILES string of the molecule is CCCCC/C=C\C/C=C\CCCCCCCC(=O)OCCCCCCCC/C=C\C/C=C\CCC(=O)NC(CO)C(O)/C=C/CCCCCCCCCCCCC. The number of carbonyl (C=O) groups excluding carboxylic acids is 2. The van der Waals surface area contributed by atoms with Crippen molar-refractivity contribution in [2.45, 2.75) is 244 Å². The minimum absolute atomic E-state index is 0.0339. The third-order valence-corrected chi connectivity index (χ3v) is 10.8. The van der Waals surface area contributed by atoms with Crippen LogP contribution in [0.2, 0.25) is 0 Å². The normalized spacial score (nSPS) is 13.2. The number of unbranched alkanes of at least 4 members (excludes halogenated alkanes) is 25. The van der Waals surface area contributed by atoms with Crippen LogP contribution in [0.3, 0.4) is 0 Å². The van der Waals surface area contributed by atoms with Gasteiger partial charge in [0, 0.05) is 12.8 Å². The van der Waals surface area contributed by atoms with Crippen molar-refractivity contribution in [2.75, 3.05) is 13.2 Å². The van der Waals surface area contributed by atoms with E-state index in [9.17, 15) is 19.8 Å². The number of allylic oxidation sites excluding steroid dienone is 9. The second-order valence-corrected chi connectivity index (χ2v) is 16.4. The van der Waals surface area contributed by atoms with Gasteiger partial charge < -0.3 is 20.3 Å². The Labute approximate surface area is 358 Å². The smallest absolute Gasteiger partial charge is 0.305 e. The van der Waals surface area contributed by atoms with Gasteiger partial charge in [-0.1, -0.05) is 197 Å². The molecule has 0 aliphatic heterocycles. The van der Waals surface area contributed by atoms with Gasteiger partial charge in [-0.3, -0.25) is 9.59 Å². The lowest BCUT2D eigenvalue weighted by Gasteiger charge is -2.19. The molecule has 1 amide bonds. The summed E-state index contributed by atoms with van der Waals surface area (Å²) in [5, 5.41) is 22.9. The van der Waals surface area contributed by atoms with Crippen molar-refractivity contribution in [1.29, 1.82) is 0 Å². The third-order valence-electron chi connectivity index (χ3n) is 10.8.